The summed E-state index contributed by atoms with van der Waals surface area (Å²) in [6.07, 6.45) is 4.99. The van der Waals surface area contributed by atoms with Gasteiger partial charge in [0.15, 0.2) is 0 Å². The quantitative estimate of drug-likeness (QED) is 0.671. The van der Waals surface area contributed by atoms with Gasteiger partial charge in [0.25, 0.3) is 0 Å². The van der Waals surface area contributed by atoms with Crippen molar-refractivity contribution in [3.63, 3.8) is 0 Å². The Kier molecular flexibility index (Phi) is 6.19. The highest BCUT2D eigenvalue weighted by Gasteiger charge is 2.23. The fourth-order valence-corrected chi connectivity index (χ4v) is 4.00. The number of nitrogens with one attached hydrogen (secondary N) is 1. The minimum atomic E-state index is -0.0334. The molecule has 1 atom stereocenters. The molecule has 0 spiro atoms. The van der Waals surface area contributed by atoms with Crippen LogP contribution in [0.5, 0.6) is 5.75 Å². The van der Waals surface area contributed by atoms with E-state index in [1.807, 2.05) is 0 Å². The monoisotopic (exact) mass is 401 g/mol. The SMILES string of the molecule is CC(C)(c1ccccc1)c1ccc(OCC[C@@H]2CCCCN2)c(Br)c1. The second kappa shape index (κ2) is 8.37. The summed E-state index contributed by atoms with van der Waals surface area (Å²) in [6.45, 7) is 6.44. The van der Waals surface area contributed by atoms with Gasteiger partial charge in [-0.25, -0.2) is 0 Å². The molecule has 0 amide bonds. The predicted octanol–water partition coefficient (Wildman–Crippen LogP) is 5.69. The van der Waals surface area contributed by atoms with Crippen molar-refractivity contribution in [3.8, 4) is 5.75 Å². The number of halogens is 1. The zero-order valence-corrected chi connectivity index (χ0v) is 16.8. The molecule has 2 aromatic rings. The maximum Gasteiger partial charge on any atom is 0.133 e. The molecular weight excluding hydrogens is 374 g/mol. The Morgan fingerprint density at radius 3 is 2.56 bits per heavy atom. The summed E-state index contributed by atoms with van der Waals surface area (Å²) in [5.74, 6) is 0.934. The van der Waals surface area contributed by atoms with Crippen molar-refractivity contribution in [2.75, 3.05) is 13.2 Å². The molecule has 2 nitrogen and oxygen atoms in total. The number of benzene rings is 2. The van der Waals surface area contributed by atoms with Gasteiger partial charge in [-0.05, 0) is 65.0 Å². The summed E-state index contributed by atoms with van der Waals surface area (Å²) in [6, 6.07) is 17.7. The normalized spacial score (nSPS) is 18.1. The van der Waals surface area contributed by atoms with Crippen LogP contribution in [0.15, 0.2) is 53.0 Å². The topological polar surface area (TPSA) is 21.3 Å². The molecule has 2 aromatic carbocycles. The van der Waals surface area contributed by atoms with E-state index in [2.05, 4.69) is 83.6 Å². The van der Waals surface area contributed by atoms with Gasteiger partial charge >= 0.3 is 0 Å². The zero-order valence-electron chi connectivity index (χ0n) is 15.2. The van der Waals surface area contributed by atoms with E-state index in [1.165, 1.54) is 30.4 Å². The first-order valence-electron chi connectivity index (χ1n) is 9.29. The van der Waals surface area contributed by atoms with Crippen LogP contribution in [0, 0.1) is 0 Å². The minimum absolute atomic E-state index is 0.0334. The summed E-state index contributed by atoms with van der Waals surface area (Å²) in [5.41, 5.74) is 2.57. The van der Waals surface area contributed by atoms with Crippen LogP contribution in [0.2, 0.25) is 0 Å². The van der Waals surface area contributed by atoms with E-state index in [4.69, 9.17) is 4.74 Å². The first-order valence-corrected chi connectivity index (χ1v) is 10.1. The number of rotatable bonds is 6. The van der Waals surface area contributed by atoms with Crippen LogP contribution in [0.4, 0.5) is 0 Å². The molecule has 1 saturated heterocycles. The highest BCUT2D eigenvalue weighted by atomic mass is 79.9. The molecular formula is C22H28BrNO. The second-order valence-electron chi connectivity index (χ2n) is 7.42. The Bertz CT molecular complexity index is 678. The highest BCUT2D eigenvalue weighted by Crippen LogP contribution is 2.36. The number of ether oxygens (including phenoxy) is 1. The largest absolute Gasteiger partial charge is 0.492 e. The van der Waals surface area contributed by atoms with Crippen molar-refractivity contribution in [1.29, 1.82) is 0 Å². The lowest BCUT2D eigenvalue weighted by atomic mass is 9.78. The van der Waals surface area contributed by atoms with Gasteiger partial charge < -0.3 is 10.1 Å². The third-order valence-corrected chi connectivity index (χ3v) is 5.91. The van der Waals surface area contributed by atoms with Crippen LogP contribution in [0.25, 0.3) is 0 Å². The average Bonchev–Trinajstić information content (AvgIpc) is 2.64. The summed E-state index contributed by atoms with van der Waals surface area (Å²) in [5, 5.41) is 3.58. The lowest BCUT2D eigenvalue weighted by Gasteiger charge is -2.27. The van der Waals surface area contributed by atoms with Crippen LogP contribution in [0.3, 0.4) is 0 Å². The molecule has 0 aromatic heterocycles. The van der Waals surface area contributed by atoms with Crippen molar-refractivity contribution in [2.45, 2.75) is 51.0 Å². The van der Waals surface area contributed by atoms with E-state index in [1.54, 1.807) is 0 Å². The van der Waals surface area contributed by atoms with Gasteiger partial charge in [-0.3, -0.25) is 0 Å². The number of hydrogen-bond acceptors (Lipinski definition) is 2. The minimum Gasteiger partial charge on any atom is -0.492 e. The van der Waals surface area contributed by atoms with E-state index >= 15 is 0 Å². The van der Waals surface area contributed by atoms with Crippen LogP contribution < -0.4 is 10.1 Å². The van der Waals surface area contributed by atoms with Crippen molar-refractivity contribution >= 4 is 15.9 Å². The summed E-state index contributed by atoms with van der Waals surface area (Å²) in [4.78, 5) is 0. The standard InChI is InChI=1S/C22H28BrNO/c1-22(2,17-8-4-3-5-9-17)18-11-12-21(20(23)16-18)25-15-13-19-10-6-7-14-24-19/h3-5,8-9,11-12,16,19,24H,6-7,10,13-15H2,1-2H3/t19-/m0/s1. The molecule has 0 bridgehead atoms. The van der Waals surface area contributed by atoms with E-state index in [0.717, 1.165) is 29.8 Å². The summed E-state index contributed by atoms with van der Waals surface area (Å²) in [7, 11) is 0. The third kappa shape index (κ3) is 4.65. The lowest BCUT2D eigenvalue weighted by molar-refractivity contribution is 0.267. The fourth-order valence-electron chi connectivity index (χ4n) is 3.51. The molecule has 1 N–H and O–H groups in total. The van der Waals surface area contributed by atoms with E-state index in [-0.39, 0.29) is 5.41 Å². The van der Waals surface area contributed by atoms with Crippen molar-refractivity contribution < 1.29 is 4.74 Å². The van der Waals surface area contributed by atoms with Gasteiger partial charge in [0, 0.05) is 11.5 Å². The van der Waals surface area contributed by atoms with Crippen LogP contribution in [-0.4, -0.2) is 19.2 Å². The highest BCUT2D eigenvalue weighted by molar-refractivity contribution is 9.10. The van der Waals surface area contributed by atoms with Crippen LogP contribution >= 0.6 is 15.9 Å². The molecule has 3 rings (SSSR count). The molecule has 1 aliphatic heterocycles. The lowest BCUT2D eigenvalue weighted by Crippen LogP contribution is -2.35. The Labute approximate surface area is 160 Å². The first-order chi connectivity index (χ1) is 12.1. The molecule has 3 heteroatoms. The van der Waals surface area contributed by atoms with Gasteiger partial charge in [-0.2, -0.15) is 0 Å². The average molecular weight is 402 g/mol. The van der Waals surface area contributed by atoms with Crippen LogP contribution in [0.1, 0.15) is 50.7 Å². The van der Waals surface area contributed by atoms with Gasteiger partial charge in [-0.1, -0.05) is 56.7 Å². The Balaban J connectivity index is 1.64. The van der Waals surface area contributed by atoms with E-state index in [0.29, 0.717) is 6.04 Å². The molecule has 0 unspecified atom stereocenters. The maximum absolute atomic E-state index is 6.03. The molecule has 134 valence electrons. The predicted molar refractivity (Wildman–Crippen MR) is 108 cm³/mol. The zero-order chi connectivity index (χ0) is 17.7. The smallest absolute Gasteiger partial charge is 0.133 e. The van der Waals surface area contributed by atoms with E-state index in [9.17, 15) is 0 Å². The molecule has 25 heavy (non-hydrogen) atoms. The third-order valence-electron chi connectivity index (χ3n) is 5.29. The first kappa shape index (κ1) is 18.5. The fraction of sp³-hybridized carbons (Fsp3) is 0.455. The van der Waals surface area contributed by atoms with E-state index < -0.39 is 0 Å². The van der Waals surface area contributed by atoms with Crippen LogP contribution in [-0.2, 0) is 5.41 Å². The summed E-state index contributed by atoms with van der Waals surface area (Å²) >= 11 is 3.70. The van der Waals surface area contributed by atoms with Crippen molar-refractivity contribution in [1.82, 2.24) is 5.32 Å². The molecule has 1 heterocycles. The maximum atomic E-state index is 6.03. The number of piperidine rings is 1. The molecule has 0 radical (unpaired) electrons. The molecule has 0 aliphatic carbocycles. The van der Waals surface area contributed by atoms with Gasteiger partial charge in [0.2, 0.25) is 0 Å². The summed E-state index contributed by atoms with van der Waals surface area (Å²) < 4.78 is 7.06. The number of hydrogen-bond donors (Lipinski definition) is 1. The van der Waals surface area contributed by atoms with Gasteiger partial charge in [0.1, 0.15) is 5.75 Å². The molecule has 1 fully saturated rings. The Hall–Kier alpha value is -1.32. The second-order valence-corrected chi connectivity index (χ2v) is 8.27. The van der Waals surface area contributed by atoms with Crippen molar-refractivity contribution in [3.05, 3.63) is 64.1 Å². The Morgan fingerprint density at radius 2 is 1.88 bits per heavy atom. The molecule has 0 saturated carbocycles. The molecule has 1 aliphatic rings. The van der Waals surface area contributed by atoms with Gasteiger partial charge in [0.05, 0.1) is 11.1 Å². The van der Waals surface area contributed by atoms with Crippen molar-refractivity contribution in [2.24, 2.45) is 0 Å². The Morgan fingerprint density at radius 1 is 1.08 bits per heavy atom. The van der Waals surface area contributed by atoms with Gasteiger partial charge in [-0.15, -0.1) is 0 Å².